The maximum Gasteiger partial charge on any atom is 0.417 e. The fourth-order valence-corrected chi connectivity index (χ4v) is 2.38. The molecule has 0 atom stereocenters. The summed E-state index contributed by atoms with van der Waals surface area (Å²) in [5.41, 5.74) is -2.08. The molecule has 1 aromatic rings. The number of alkyl halides is 3. The molecule has 1 saturated carbocycles. The average Bonchev–Trinajstić information content (AvgIpc) is 2.91. The summed E-state index contributed by atoms with van der Waals surface area (Å²) >= 11 is 0. The molecule has 2 rings (SSSR count). The number of carbonyl (C=O) groups excluding carboxylic acids is 1. The lowest BCUT2D eigenvalue weighted by Crippen LogP contribution is -2.46. The minimum atomic E-state index is -4.41. The number of anilines is 1. The van der Waals surface area contributed by atoms with Gasteiger partial charge in [0.2, 0.25) is 0 Å². The molecule has 1 aliphatic carbocycles. The smallest absolute Gasteiger partial charge is 0.380 e. The minimum Gasteiger partial charge on any atom is -0.380 e. The second-order valence-corrected chi connectivity index (χ2v) is 5.35. The van der Waals surface area contributed by atoms with Crippen LogP contribution in [0.4, 0.5) is 19.0 Å². The van der Waals surface area contributed by atoms with Crippen LogP contribution in [0.2, 0.25) is 0 Å². The quantitative estimate of drug-likeness (QED) is 0.726. The zero-order valence-corrected chi connectivity index (χ0v) is 11.9. The molecule has 0 aliphatic heterocycles. The predicted octanol–water partition coefficient (Wildman–Crippen LogP) is 1.93. The number of nitrogens with zero attached hydrogens (tertiary/aromatic N) is 1. The summed E-state index contributed by atoms with van der Waals surface area (Å²) in [6.45, 7) is 0.560. The van der Waals surface area contributed by atoms with Crippen molar-refractivity contribution in [3.8, 4) is 0 Å². The summed E-state index contributed by atoms with van der Waals surface area (Å²) in [5.74, 6) is -0.103. The van der Waals surface area contributed by atoms with E-state index in [9.17, 15) is 23.1 Å². The third kappa shape index (κ3) is 4.09. The first-order chi connectivity index (χ1) is 10.3. The van der Waals surface area contributed by atoms with Crippen molar-refractivity contribution < 1.29 is 23.1 Å². The van der Waals surface area contributed by atoms with Gasteiger partial charge in [-0.1, -0.05) is 0 Å². The molecule has 1 aromatic heterocycles. The van der Waals surface area contributed by atoms with Crippen molar-refractivity contribution in [2.45, 2.75) is 37.5 Å². The van der Waals surface area contributed by atoms with Crippen molar-refractivity contribution >= 4 is 11.7 Å². The van der Waals surface area contributed by atoms with Crippen molar-refractivity contribution in [2.75, 3.05) is 18.4 Å². The van der Waals surface area contributed by atoms with Crippen LogP contribution in [-0.4, -0.2) is 34.7 Å². The van der Waals surface area contributed by atoms with E-state index < -0.39 is 23.2 Å². The molecule has 1 fully saturated rings. The van der Waals surface area contributed by atoms with Crippen LogP contribution in [0.25, 0.3) is 0 Å². The van der Waals surface area contributed by atoms with Gasteiger partial charge in [-0.3, -0.25) is 4.79 Å². The molecule has 1 heterocycles. The Morgan fingerprint density at radius 1 is 1.27 bits per heavy atom. The summed E-state index contributed by atoms with van der Waals surface area (Å²) in [5, 5.41) is 15.5. The fourth-order valence-electron chi connectivity index (χ4n) is 2.38. The lowest BCUT2D eigenvalue weighted by Gasteiger charge is -2.20. The van der Waals surface area contributed by atoms with E-state index in [2.05, 4.69) is 15.6 Å². The number of hydrogen-bond acceptors (Lipinski definition) is 4. The zero-order chi connectivity index (χ0) is 16.2. The third-order valence-corrected chi connectivity index (χ3v) is 3.66. The summed E-state index contributed by atoms with van der Waals surface area (Å²) in [7, 11) is 0. The van der Waals surface area contributed by atoms with E-state index in [0.717, 1.165) is 25.1 Å². The molecule has 0 spiro atoms. The van der Waals surface area contributed by atoms with Crippen molar-refractivity contribution in [1.82, 2.24) is 10.3 Å². The highest BCUT2D eigenvalue weighted by Gasteiger charge is 2.38. The van der Waals surface area contributed by atoms with Crippen molar-refractivity contribution in [3.05, 3.63) is 23.9 Å². The molecule has 0 bridgehead atoms. The molecule has 122 valence electrons. The van der Waals surface area contributed by atoms with Crippen molar-refractivity contribution in [2.24, 2.45) is 0 Å². The van der Waals surface area contributed by atoms with Gasteiger partial charge >= 0.3 is 6.18 Å². The maximum absolute atomic E-state index is 12.4. The number of pyridine rings is 1. The van der Waals surface area contributed by atoms with Gasteiger partial charge in [0, 0.05) is 19.3 Å². The van der Waals surface area contributed by atoms with Gasteiger partial charge in [-0.15, -0.1) is 0 Å². The lowest BCUT2D eigenvalue weighted by atomic mass is 10.0. The molecule has 22 heavy (non-hydrogen) atoms. The summed E-state index contributed by atoms with van der Waals surface area (Å²) in [6.07, 6.45) is -1.06. The van der Waals surface area contributed by atoms with Crippen LogP contribution < -0.4 is 10.6 Å². The van der Waals surface area contributed by atoms with E-state index in [1.165, 1.54) is 6.07 Å². The Kier molecular flexibility index (Phi) is 4.90. The van der Waals surface area contributed by atoms with Gasteiger partial charge in [-0.05, 0) is 37.8 Å². The lowest BCUT2D eigenvalue weighted by molar-refractivity contribution is -0.139. The van der Waals surface area contributed by atoms with E-state index in [1.807, 2.05) is 0 Å². The van der Waals surface area contributed by atoms with E-state index in [0.29, 0.717) is 25.2 Å². The maximum atomic E-state index is 12.4. The largest absolute Gasteiger partial charge is 0.417 e. The number of amides is 1. The number of halogens is 3. The molecule has 0 saturated heterocycles. The van der Waals surface area contributed by atoms with Crippen LogP contribution in [0.1, 0.15) is 31.2 Å². The summed E-state index contributed by atoms with van der Waals surface area (Å²) in [4.78, 5) is 15.5. The van der Waals surface area contributed by atoms with Gasteiger partial charge in [-0.25, -0.2) is 4.98 Å². The highest BCUT2D eigenvalue weighted by atomic mass is 19.4. The van der Waals surface area contributed by atoms with Gasteiger partial charge in [0.15, 0.2) is 0 Å². The Hall–Kier alpha value is -1.83. The Balaban J connectivity index is 1.74. The van der Waals surface area contributed by atoms with E-state index >= 15 is 0 Å². The molecule has 0 aromatic carbocycles. The second kappa shape index (κ2) is 6.51. The topological polar surface area (TPSA) is 74.2 Å². The van der Waals surface area contributed by atoms with Gasteiger partial charge in [0.25, 0.3) is 5.91 Å². The molecule has 1 aliphatic rings. The van der Waals surface area contributed by atoms with Crippen LogP contribution in [-0.2, 0) is 11.0 Å². The molecule has 3 N–H and O–H groups in total. The Labute approximate surface area is 125 Å². The first-order valence-electron chi connectivity index (χ1n) is 7.09. The van der Waals surface area contributed by atoms with Gasteiger partial charge in [0.1, 0.15) is 11.4 Å². The van der Waals surface area contributed by atoms with Crippen LogP contribution in [0.3, 0.4) is 0 Å². The summed E-state index contributed by atoms with van der Waals surface area (Å²) in [6, 6.07) is 2.17. The normalized spacial score (nSPS) is 17.3. The van der Waals surface area contributed by atoms with Gasteiger partial charge < -0.3 is 15.7 Å². The molecular formula is C14H18F3N3O2. The van der Waals surface area contributed by atoms with Gasteiger partial charge in [0.05, 0.1) is 5.56 Å². The SMILES string of the molecule is O=C(NCCNc1ccc(C(F)(F)F)cn1)C1(O)CCCC1. The molecule has 8 heteroatoms. The first kappa shape index (κ1) is 16.5. The van der Waals surface area contributed by atoms with Crippen molar-refractivity contribution in [3.63, 3.8) is 0 Å². The molecule has 5 nitrogen and oxygen atoms in total. The van der Waals surface area contributed by atoms with E-state index in [4.69, 9.17) is 0 Å². The number of carbonyl (C=O) groups is 1. The van der Waals surface area contributed by atoms with Crippen LogP contribution in [0, 0.1) is 0 Å². The Morgan fingerprint density at radius 2 is 1.95 bits per heavy atom. The zero-order valence-electron chi connectivity index (χ0n) is 11.9. The van der Waals surface area contributed by atoms with E-state index in [1.54, 1.807) is 0 Å². The molecule has 0 unspecified atom stereocenters. The standard InChI is InChI=1S/C14H18F3N3O2/c15-14(16,17)10-3-4-11(20-9-10)18-7-8-19-12(21)13(22)5-1-2-6-13/h3-4,9,22H,1-2,5-8H2,(H,18,20)(H,19,21). The minimum absolute atomic E-state index is 0.254. The number of rotatable bonds is 5. The van der Waals surface area contributed by atoms with Crippen LogP contribution in [0.15, 0.2) is 18.3 Å². The average molecular weight is 317 g/mol. The highest BCUT2D eigenvalue weighted by molar-refractivity contribution is 5.85. The number of nitrogens with one attached hydrogen (secondary N) is 2. The number of aliphatic hydroxyl groups is 1. The van der Waals surface area contributed by atoms with Crippen molar-refractivity contribution in [1.29, 1.82) is 0 Å². The fraction of sp³-hybridized carbons (Fsp3) is 0.571. The summed E-state index contributed by atoms with van der Waals surface area (Å²) < 4.78 is 37.1. The Bertz CT molecular complexity index is 511. The predicted molar refractivity (Wildman–Crippen MR) is 74.2 cm³/mol. The Morgan fingerprint density at radius 3 is 2.50 bits per heavy atom. The first-order valence-corrected chi connectivity index (χ1v) is 7.09. The monoisotopic (exact) mass is 317 g/mol. The second-order valence-electron chi connectivity index (χ2n) is 5.35. The van der Waals surface area contributed by atoms with Crippen LogP contribution >= 0.6 is 0 Å². The molecule has 0 radical (unpaired) electrons. The molecule has 1 amide bonds. The number of aromatic nitrogens is 1. The van der Waals surface area contributed by atoms with Gasteiger partial charge in [-0.2, -0.15) is 13.2 Å². The number of hydrogen-bond donors (Lipinski definition) is 3. The third-order valence-electron chi connectivity index (χ3n) is 3.66. The highest BCUT2D eigenvalue weighted by Crippen LogP contribution is 2.29. The van der Waals surface area contributed by atoms with E-state index in [-0.39, 0.29) is 6.54 Å². The molecular weight excluding hydrogens is 299 g/mol. The van der Waals surface area contributed by atoms with Crippen LogP contribution in [0.5, 0.6) is 0 Å².